The predicted molar refractivity (Wildman–Crippen MR) is 90.7 cm³/mol. The second-order valence-electron chi connectivity index (χ2n) is 5.25. The zero-order valence-corrected chi connectivity index (χ0v) is 13.6. The number of urea groups is 1. The number of nitrogens with zero attached hydrogens (tertiary/aromatic N) is 2. The van der Waals surface area contributed by atoms with Gasteiger partial charge in [-0.1, -0.05) is 30.3 Å². The molecule has 23 heavy (non-hydrogen) atoms. The van der Waals surface area contributed by atoms with Crippen LogP contribution in [0.15, 0.2) is 41.9 Å². The minimum absolute atomic E-state index is 0.141. The molecule has 0 unspecified atom stereocenters. The summed E-state index contributed by atoms with van der Waals surface area (Å²) < 4.78 is 5.43. The van der Waals surface area contributed by atoms with Crippen molar-refractivity contribution in [1.82, 2.24) is 15.2 Å². The van der Waals surface area contributed by atoms with Gasteiger partial charge in [0.2, 0.25) is 0 Å². The summed E-state index contributed by atoms with van der Waals surface area (Å²) in [4.78, 5) is 18.4. The maximum atomic E-state index is 12.0. The molecule has 2 aromatic rings. The van der Waals surface area contributed by atoms with E-state index in [0.29, 0.717) is 11.7 Å². The summed E-state index contributed by atoms with van der Waals surface area (Å²) >= 11 is 1.40. The van der Waals surface area contributed by atoms with Gasteiger partial charge in [0, 0.05) is 31.2 Å². The number of amides is 2. The third kappa shape index (κ3) is 4.51. The summed E-state index contributed by atoms with van der Waals surface area (Å²) in [6.07, 6.45) is 1.67. The first-order chi connectivity index (χ1) is 11.3. The average molecular weight is 332 g/mol. The van der Waals surface area contributed by atoms with Crippen LogP contribution in [-0.4, -0.2) is 48.8 Å². The average Bonchev–Trinajstić information content (AvgIpc) is 3.10. The molecule has 0 spiro atoms. The molecule has 1 aromatic carbocycles. The molecule has 1 fully saturated rings. The molecule has 1 atom stereocenters. The van der Waals surface area contributed by atoms with Crippen molar-refractivity contribution >= 4 is 22.5 Å². The Balaban J connectivity index is 1.62. The number of rotatable bonds is 5. The summed E-state index contributed by atoms with van der Waals surface area (Å²) in [5, 5.41) is 8.13. The van der Waals surface area contributed by atoms with Gasteiger partial charge in [0.1, 0.15) is 0 Å². The van der Waals surface area contributed by atoms with E-state index in [1.807, 2.05) is 23.6 Å². The number of ether oxygens (including phenoxy) is 1. The molecule has 2 N–H and O–H groups in total. The molecule has 1 aliphatic heterocycles. The molecule has 1 aliphatic rings. The molecule has 3 rings (SSSR count). The molecule has 2 amide bonds. The third-order valence-corrected chi connectivity index (χ3v) is 4.47. The zero-order valence-electron chi connectivity index (χ0n) is 12.8. The van der Waals surface area contributed by atoms with Crippen molar-refractivity contribution in [3.05, 3.63) is 47.5 Å². The number of nitrogens with one attached hydrogen (secondary N) is 2. The molecule has 1 aromatic heterocycles. The van der Waals surface area contributed by atoms with Gasteiger partial charge in [0.05, 0.1) is 19.3 Å². The summed E-state index contributed by atoms with van der Waals surface area (Å²) in [5.74, 6) is 0. The number of carbonyl (C=O) groups excluding carboxylic acids is 1. The Hall–Kier alpha value is -1.96. The number of carbonyl (C=O) groups is 1. The Bertz CT molecular complexity index is 600. The first kappa shape index (κ1) is 15.9. The number of thiazole rings is 1. The van der Waals surface area contributed by atoms with E-state index in [4.69, 9.17) is 4.74 Å². The van der Waals surface area contributed by atoms with E-state index in [1.165, 1.54) is 16.9 Å². The van der Waals surface area contributed by atoms with Gasteiger partial charge < -0.3 is 10.1 Å². The Morgan fingerprint density at radius 2 is 2.09 bits per heavy atom. The number of aromatic nitrogens is 1. The van der Waals surface area contributed by atoms with Gasteiger partial charge >= 0.3 is 6.03 Å². The zero-order chi connectivity index (χ0) is 15.9. The van der Waals surface area contributed by atoms with E-state index in [9.17, 15) is 4.79 Å². The monoisotopic (exact) mass is 332 g/mol. The van der Waals surface area contributed by atoms with Crippen molar-refractivity contribution in [1.29, 1.82) is 0 Å². The maximum absolute atomic E-state index is 12.0. The first-order valence-corrected chi connectivity index (χ1v) is 8.52. The lowest BCUT2D eigenvalue weighted by molar-refractivity contribution is 0.0168. The van der Waals surface area contributed by atoms with Crippen LogP contribution in [0.1, 0.15) is 11.6 Å². The smallest absolute Gasteiger partial charge is 0.321 e. The van der Waals surface area contributed by atoms with Gasteiger partial charge in [-0.25, -0.2) is 9.78 Å². The van der Waals surface area contributed by atoms with Crippen molar-refractivity contribution < 1.29 is 9.53 Å². The molecule has 7 heteroatoms. The molecule has 122 valence electrons. The number of hydrogen-bond acceptors (Lipinski definition) is 5. The van der Waals surface area contributed by atoms with Crippen LogP contribution in [0, 0.1) is 0 Å². The maximum Gasteiger partial charge on any atom is 0.321 e. The lowest BCUT2D eigenvalue weighted by Crippen LogP contribution is -2.44. The second-order valence-corrected chi connectivity index (χ2v) is 6.14. The Kier molecular flexibility index (Phi) is 5.57. The van der Waals surface area contributed by atoms with Crippen molar-refractivity contribution in [3.8, 4) is 0 Å². The number of hydrogen-bond donors (Lipinski definition) is 2. The van der Waals surface area contributed by atoms with E-state index in [1.54, 1.807) is 6.20 Å². The van der Waals surface area contributed by atoms with Crippen LogP contribution in [0.3, 0.4) is 0 Å². The van der Waals surface area contributed by atoms with E-state index >= 15 is 0 Å². The highest BCUT2D eigenvalue weighted by Crippen LogP contribution is 2.21. The standard InChI is InChI=1S/C16H20N4O2S/c21-15(19-16-17-6-11-23-16)18-12-14(13-4-2-1-3-5-13)20-7-9-22-10-8-20/h1-6,11,14H,7-10,12H2,(H2,17,18,19,21)/t14-/m1/s1. The SMILES string of the molecule is O=C(NC[C@H](c1ccccc1)N1CCOCC1)Nc1nccs1. The topological polar surface area (TPSA) is 66.5 Å². The number of anilines is 1. The molecule has 0 aliphatic carbocycles. The lowest BCUT2D eigenvalue weighted by atomic mass is 10.0. The third-order valence-electron chi connectivity index (χ3n) is 3.78. The number of benzene rings is 1. The van der Waals surface area contributed by atoms with Gasteiger partial charge in [-0.05, 0) is 5.56 Å². The van der Waals surface area contributed by atoms with Crippen LogP contribution in [0.5, 0.6) is 0 Å². The minimum atomic E-state index is -0.228. The molecule has 6 nitrogen and oxygen atoms in total. The van der Waals surface area contributed by atoms with Crippen molar-refractivity contribution in [2.75, 3.05) is 38.2 Å². The van der Waals surface area contributed by atoms with Crippen LogP contribution in [0.25, 0.3) is 0 Å². The van der Waals surface area contributed by atoms with Crippen molar-refractivity contribution in [2.24, 2.45) is 0 Å². The van der Waals surface area contributed by atoms with Crippen molar-refractivity contribution in [3.63, 3.8) is 0 Å². The summed E-state index contributed by atoms with van der Waals surface area (Å²) in [6, 6.07) is 10.2. The van der Waals surface area contributed by atoms with Gasteiger partial charge in [-0.15, -0.1) is 11.3 Å². The number of morpholine rings is 1. The molecule has 1 saturated heterocycles. The van der Waals surface area contributed by atoms with Gasteiger partial charge in [-0.3, -0.25) is 10.2 Å². The largest absolute Gasteiger partial charge is 0.379 e. The molecule has 0 bridgehead atoms. The molecular weight excluding hydrogens is 312 g/mol. The van der Waals surface area contributed by atoms with Crippen molar-refractivity contribution in [2.45, 2.75) is 6.04 Å². The van der Waals surface area contributed by atoms with Gasteiger partial charge in [0.15, 0.2) is 5.13 Å². The van der Waals surface area contributed by atoms with Crippen LogP contribution in [0.4, 0.5) is 9.93 Å². The van der Waals surface area contributed by atoms with Gasteiger partial charge in [-0.2, -0.15) is 0 Å². The Labute approximate surface area is 139 Å². The molecule has 0 radical (unpaired) electrons. The lowest BCUT2D eigenvalue weighted by Gasteiger charge is -2.34. The highest BCUT2D eigenvalue weighted by Gasteiger charge is 2.23. The van der Waals surface area contributed by atoms with Crippen LogP contribution < -0.4 is 10.6 Å². The normalized spacial score (nSPS) is 16.7. The van der Waals surface area contributed by atoms with Crippen LogP contribution in [0.2, 0.25) is 0 Å². The fraction of sp³-hybridized carbons (Fsp3) is 0.375. The predicted octanol–water partition coefficient (Wildman–Crippen LogP) is 2.34. The highest BCUT2D eigenvalue weighted by atomic mass is 32.1. The minimum Gasteiger partial charge on any atom is -0.379 e. The molecule has 0 saturated carbocycles. The summed E-state index contributed by atoms with van der Waals surface area (Å²) in [6.45, 7) is 3.75. The Morgan fingerprint density at radius 1 is 1.30 bits per heavy atom. The fourth-order valence-corrected chi connectivity index (χ4v) is 3.16. The van der Waals surface area contributed by atoms with E-state index in [2.05, 4.69) is 32.7 Å². The fourth-order valence-electron chi connectivity index (χ4n) is 2.64. The summed E-state index contributed by atoms with van der Waals surface area (Å²) in [7, 11) is 0. The first-order valence-electron chi connectivity index (χ1n) is 7.64. The molecular formula is C16H20N4O2S. The Morgan fingerprint density at radius 3 is 2.78 bits per heavy atom. The van der Waals surface area contributed by atoms with E-state index in [0.717, 1.165) is 26.3 Å². The van der Waals surface area contributed by atoms with Gasteiger partial charge in [0.25, 0.3) is 0 Å². The quantitative estimate of drug-likeness (QED) is 0.882. The highest BCUT2D eigenvalue weighted by molar-refractivity contribution is 7.13. The van der Waals surface area contributed by atoms with Crippen LogP contribution >= 0.6 is 11.3 Å². The van der Waals surface area contributed by atoms with E-state index in [-0.39, 0.29) is 12.1 Å². The second kappa shape index (κ2) is 8.05. The summed E-state index contributed by atoms with van der Waals surface area (Å²) in [5.41, 5.74) is 1.20. The van der Waals surface area contributed by atoms with E-state index < -0.39 is 0 Å². The molecule has 2 heterocycles. The van der Waals surface area contributed by atoms with Crippen LogP contribution in [-0.2, 0) is 4.74 Å².